The van der Waals surface area contributed by atoms with Gasteiger partial charge in [0.25, 0.3) is 5.91 Å². The molecule has 20 heavy (non-hydrogen) atoms. The lowest BCUT2D eigenvalue weighted by Crippen LogP contribution is -2.37. The highest BCUT2D eigenvalue weighted by Crippen LogP contribution is 2.23. The number of hydrogen-bond acceptors (Lipinski definition) is 4. The van der Waals surface area contributed by atoms with E-state index < -0.39 is 0 Å². The summed E-state index contributed by atoms with van der Waals surface area (Å²) in [6.07, 6.45) is 4.51. The third kappa shape index (κ3) is 3.57. The van der Waals surface area contributed by atoms with E-state index in [0.717, 1.165) is 36.6 Å². The maximum Gasteiger partial charge on any atom is 0.251 e. The van der Waals surface area contributed by atoms with E-state index >= 15 is 0 Å². The first kappa shape index (κ1) is 14.5. The van der Waals surface area contributed by atoms with Gasteiger partial charge in [-0.2, -0.15) is 0 Å². The topological polar surface area (TPSA) is 54.5 Å². The molecule has 1 aromatic heterocycles. The van der Waals surface area contributed by atoms with Gasteiger partial charge >= 0.3 is 0 Å². The third-order valence-electron chi connectivity index (χ3n) is 3.21. The van der Waals surface area contributed by atoms with Crippen LogP contribution in [0.3, 0.4) is 0 Å². The molecule has 1 aromatic rings. The molecule has 0 atom stereocenters. The number of carbonyl (C=O) groups is 1. The molecule has 1 amide bonds. The van der Waals surface area contributed by atoms with Crippen LogP contribution in [0.25, 0.3) is 0 Å². The van der Waals surface area contributed by atoms with Gasteiger partial charge in [0.15, 0.2) is 5.82 Å². The van der Waals surface area contributed by atoms with Crippen molar-refractivity contribution < 1.29 is 9.53 Å². The van der Waals surface area contributed by atoms with Gasteiger partial charge in [-0.25, -0.2) is 4.98 Å². The van der Waals surface area contributed by atoms with E-state index in [4.69, 9.17) is 4.74 Å². The van der Waals surface area contributed by atoms with Gasteiger partial charge in [-0.15, -0.1) is 0 Å². The van der Waals surface area contributed by atoms with Crippen molar-refractivity contribution >= 4 is 17.4 Å². The summed E-state index contributed by atoms with van der Waals surface area (Å²) in [5.41, 5.74) is 1.48. The van der Waals surface area contributed by atoms with Gasteiger partial charge in [0, 0.05) is 24.9 Å². The van der Waals surface area contributed by atoms with Gasteiger partial charge < -0.3 is 15.0 Å². The van der Waals surface area contributed by atoms with Crippen molar-refractivity contribution in [2.75, 3.05) is 36.5 Å². The number of amides is 1. The molecule has 0 unspecified atom stereocenters. The Morgan fingerprint density at radius 1 is 1.50 bits per heavy atom. The highest BCUT2D eigenvalue weighted by Gasteiger charge is 2.17. The Morgan fingerprint density at radius 2 is 2.25 bits per heavy atom. The van der Waals surface area contributed by atoms with Crippen LogP contribution in [0.2, 0.25) is 0 Å². The predicted molar refractivity (Wildman–Crippen MR) is 79.9 cm³/mol. The Balaban J connectivity index is 2.15. The minimum atomic E-state index is -0.0747. The van der Waals surface area contributed by atoms with Gasteiger partial charge in [-0.3, -0.25) is 4.79 Å². The number of rotatable bonds is 4. The van der Waals surface area contributed by atoms with Gasteiger partial charge in [0.05, 0.1) is 18.9 Å². The van der Waals surface area contributed by atoms with Crippen molar-refractivity contribution in [1.29, 1.82) is 0 Å². The van der Waals surface area contributed by atoms with Crippen LogP contribution in [-0.4, -0.2) is 37.2 Å². The summed E-state index contributed by atoms with van der Waals surface area (Å²) in [6, 6.07) is 3.72. The largest absolute Gasteiger partial charge is 0.378 e. The van der Waals surface area contributed by atoms with Crippen LogP contribution in [0.5, 0.6) is 0 Å². The molecule has 0 spiro atoms. The molecule has 1 aliphatic rings. The molecule has 0 aliphatic carbocycles. The average Bonchev–Trinajstić information content (AvgIpc) is 2.49. The molecule has 1 fully saturated rings. The first-order valence-electron chi connectivity index (χ1n) is 6.98. The lowest BCUT2D eigenvalue weighted by atomic mass is 10.2. The van der Waals surface area contributed by atoms with Gasteiger partial charge in [0.1, 0.15) is 0 Å². The van der Waals surface area contributed by atoms with Crippen molar-refractivity contribution in [3.05, 3.63) is 30.0 Å². The number of nitrogens with one attached hydrogen (secondary N) is 1. The molecule has 1 aliphatic heterocycles. The first-order valence-corrected chi connectivity index (χ1v) is 6.98. The second-order valence-electron chi connectivity index (χ2n) is 4.72. The number of hydrogen-bond donors (Lipinski definition) is 1. The van der Waals surface area contributed by atoms with Crippen molar-refractivity contribution in [3.63, 3.8) is 0 Å². The van der Waals surface area contributed by atoms with Gasteiger partial charge in [0.2, 0.25) is 0 Å². The molecular weight excluding hydrogens is 254 g/mol. The van der Waals surface area contributed by atoms with Gasteiger partial charge in [-0.1, -0.05) is 13.0 Å². The van der Waals surface area contributed by atoms with Crippen molar-refractivity contribution in [2.24, 2.45) is 0 Å². The molecule has 2 heterocycles. The number of pyridine rings is 1. The highest BCUT2D eigenvalue weighted by molar-refractivity contribution is 6.04. The normalized spacial score (nSPS) is 16.1. The fourth-order valence-corrected chi connectivity index (χ4v) is 2.14. The molecule has 108 valence electrons. The number of allylic oxidation sites excluding steroid dienone is 1. The molecule has 5 heteroatoms. The van der Waals surface area contributed by atoms with Crippen LogP contribution in [0.1, 0.15) is 20.3 Å². The summed E-state index contributed by atoms with van der Waals surface area (Å²) in [7, 11) is 0. The summed E-state index contributed by atoms with van der Waals surface area (Å²) >= 11 is 0. The molecule has 5 nitrogen and oxygen atoms in total. The van der Waals surface area contributed by atoms with Crippen LogP contribution in [0.15, 0.2) is 30.0 Å². The van der Waals surface area contributed by atoms with E-state index in [1.165, 1.54) is 0 Å². The number of aromatic nitrogens is 1. The average molecular weight is 275 g/mol. The number of morpholine rings is 1. The summed E-state index contributed by atoms with van der Waals surface area (Å²) < 4.78 is 5.35. The Morgan fingerprint density at radius 3 is 2.95 bits per heavy atom. The number of anilines is 2. The zero-order chi connectivity index (χ0) is 14.4. The summed E-state index contributed by atoms with van der Waals surface area (Å²) in [4.78, 5) is 18.6. The fraction of sp³-hybridized carbons (Fsp3) is 0.467. The van der Waals surface area contributed by atoms with Crippen LogP contribution in [0, 0.1) is 0 Å². The summed E-state index contributed by atoms with van der Waals surface area (Å²) in [5, 5.41) is 2.94. The molecule has 2 rings (SSSR count). The fourth-order valence-electron chi connectivity index (χ4n) is 2.14. The second kappa shape index (κ2) is 7.05. The third-order valence-corrected chi connectivity index (χ3v) is 3.21. The zero-order valence-corrected chi connectivity index (χ0v) is 12.1. The highest BCUT2D eigenvalue weighted by atomic mass is 16.5. The van der Waals surface area contributed by atoms with Crippen LogP contribution < -0.4 is 10.2 Å². The zero-order valence-electron chi connectivity index (χ0n) is 12.1. The van der Waals surface area contributed by atoms with Crippen LogP contribution in [0.4, 0.5) is 11.5 Å². The Bertz CT molecular complexity index is 494. The Hall–Kier alpha value is -1.88. The monoisotopic (exact) mass is 275 g/mol. The molecule has 0 radical (unpaired) electrons. The number of ether oxygens (including phenoxy) is 1. The maximum atomic E-state index is 12.1. The first-order chi connectivity index (χ1) is 9.72. The lowest BCUT2D eigenvalue weighted by Gasteiger charge is -2.29. The molecule has 0 bridgehead atoms. The Kier molecular flexibility index (Phi) is 5.12. The van der Waals surface area contributed by atoms with Crippen LogP contribution >= 0.6 is 0 Å². The minimum absolute atomic E-state index is 0.0747. The number of nitrogens with zero attached hydrogens (tertiary/aromatic N) is 2. The quantitative estimate of drug-likeness (QED) is 0.856. The van der Waals surface area contributed by atoms with E-state index in [-0.39, 0.29) is 5.91 Å². The molecule has 0 aromatic carbocycles. The molecule has 1 N–H and O–H groups in total. The van der Waals surface area contributed by atoms with Crippen molar-refractivity contribution in [2.45, 2.75) is 20.3 Å². The van der Waals surface area contributed by atoms with Gasteiger partial charge in [-0.05, 0) is 25.5 Å². The maximum absolute atomic E-state index is 12.1. The molecule has 0 saturated carbocycles. The molecular formula is C15H21N3O2. The summed E-state index contributed by atoms with van der Waals surface area (Å²) in [6.45, 7) is 6.81. The van der Waals surface area contributed by atoms with Crippen molar-refractivity contribution in [1.82, 2.24) is 4.98 Å². The van der Waals surface area contributed by atoms with E-state index in [9.17, 15) is 4.79 Å². The van der Waals surface area contributed by atoms with Crippen LogP contribution in [-0.2, 0) is 9.53 Å². The van der Waals surface area contributed by atoms with Crippen molar-refractivity contribution in [3.8, 4) is 0 Å². The van der Waals surface area contributed by atoms with E-state index in [2.05, 4.69) is 15.2 Å². The predicted octanol–water partition coefficient (Wildman–Crippen LogP) is 2.21. The lowest BCUT2D eigenvalue weighted by molar-refractivity contribution is -0.112. The second-order valence-corrected chi connectivity index (χ2v) is 4.72. The summed E-state index contributed by atoms with van der Waals surface area (Å²) in [5.74, 6) is 0.739. The Labute approximate surface area is 119 Å². The van der Waals surface area contributed by atoms with E-state index in [0.29, 0.717) is 13.2 Å². The minimum Gasteiger partial charge on any atom is -0.378 e. The van der Waals surface area contributed by atoms with E-state index in [1.807, 2.05) is 32.1 Å². The number of carbonyl (C=O) groups excluding carboxylic acids is 1. The SMILES string of the molecule is CC/C=C(\C)C(=O)Nc1cccnc1N1CCOCC1. The smallest absolute Gasteiger partial charge is 0.251 e. The standard InChI is InChI=1S/C15H21N3O2/c1-3-5-12(2)15(19)17-13-6-4-7-16-14(13)18-8-10-20-11-9-18/h4-7H,3,8-11H2,1-2H3,(H,17,19)/b12-5+. The van der Waals surface area contributed by atoms with E-state index in [1.54, 1.807) is 6.20 Å². The molecule has 1 saturated heterocycles.